The average molecular weight is 288 g/mol. The van der Waals surface area contributed by atoms with Crippen LogP contribution in [0.2, 0.25) is 5.02 Å². The Balaban J connectivity index is 2.13. The van der Waals surface area contributed by atoms with Crippen LogP contribution < -0.4 is 5.32 Å². The van der Waals surface area contributed by atoms with Gasteiger partial charge in [-0.2, -0.15) is 0 Å². The molecule has 2 aromatic rings. The van der Waals surface area contributed by atoms with Gasteiger partial charge in [0.1, 0.15) is 0 Å². The highest BCUT2D eigenvalue weighted by Crippen LogP contribution is 2.22. The lowest BCUT2D eigenvalue weighted by Gasteiger charge is -2.18. The van der Waals surface area contributed by atoms with Gasteiger partial charge in [-0.05, 0) is 48.2 Å². The summed E-state index contributed by atoms with van der Waals surface area (Å²) in [4.78, 5) is 0. The van der Waals surface area contributed by atoms with Gasteiger partial charge in [0, 0.05) is 11.1 Å². The smallest absolute Gasteiger partial charge is 0.0406 e. The van der Waals surface area contributed by atoms with E-state index in [0.29, 0.717) is 12.0 Å². The van der Waals surface area contributed by atoms with Crippen molar-refractivity contribution in [3.05, 3.63) is 70.2 Å². The van der Waals surface area contributed by atoms with Crippen molar-refractivity contribution in [3.8, 4) is 0 Å². The van der Waals surface area contributed by atoms with E-state index in [2.05, 4.69) is 55.6 Å². The number of hydrogen-bond donors (Lipinski definition) is 1. The van der Waals surface area contributed by atoms with Crippen LogP contribution in [0.25, 0.3) is 0 Å². The van der Waals surface area contributed by atoms with Crippen molar-refractivity contribution < 1.29 is 0 Å². The Bertz CT molecular complexity index is 528. The number of rotatable bonds is 5. The molecule has 2 aromatic carbocycles. The molecule has 0 aliphatic carbocycles. The SMILES string of the molecule is CNC(Cc1ccc(Cl)cc1)c1ccc(C(C)C)cc1. The van der Waals surface area contributed by atoms with Gasteiger partial charge in [-0.3, -0.25) is 0 Å². The molecule has 1 nitrogen and oxygen atoms in total. The molecule has 0 heterocycles. The predicted octanol–water partition coefficient (Wildman–Crippen LogP) is 4.97. The lowest BCUT2D eigenvalue weighted by Crippen LogP contribution is -2.18. The minimum atomic E-state index is 0.331. The number of halogens is 1. The summed E-state index contributed by atoms with van der Waals surface area (Å²) in [5, 5.41) is 4.19. The molecule has 1 N–H and O–H groups in total. The molecule has 106 valence electrons. The molecular weight excluding hydrogens is 266 g/mol. The van der Waals surface area contributed by atoms with E-state index in [1.54, 1.807) is 0 Å². The van der Waals surface area contributed by atoms with Crippen molar-refractivity contribution in [3.63, 3.8) is 0 Å². The molecule has 20 heavy (non-hydrogen) atoms. The maximum absolute atomic E-state index is 5.93. The maximum Gasteiger partial charge on any atom is 0.0406 e. The van der Waals surface area contributed by atoms with Gasteiger partial charge in [-0.15, -0.1) is 0 Å². The Morgan fingerprint density at radius 2 is 1.45 bits per heavy atom. The molecule has 0 aliphatic rings. The molecule has 0 saturated heterocycles. The summed E-state index contributed by atoms with van der Waals surface area (Å²) >= 11 is 5.93. The number of nitrogens with one attached hydrogen (secondary N) is 1. The van der Waals surface area contributed by atoms with Crippen molar-refractivity contribution in [2.24, 2.45) is 0 Å². The third-order valence-electron chi connectivity index (χ3n) is 3.71. The molecule has 0 aromatic heterocycles. The zero-order valence-electron chi connectivity index (χ0n) is 12.4. The third-order valence-corrected chi connectivity index (χ3v) is 3.96. The summed E-state index contributed by atoms with van der Waals surface area (Å²) < 4.78 is 0. The molecule has 0 bridgehead atoms. The minimum Gasteiger partial charge on any atom is -0.313 e. The first-order valence-electron chi connectivity index (χ1n) is 7.11. The van der Waals surface area contributed by atoms with Crippen LogP contribution in [0, 0.1) is 0 Å². The lowest BCUT2D eigenvalue weighted by atomic mass is 9.95. The molecule has 0 saturated carbocycles. The molecule has 1 unspecified atom stereocenters. The molecule has 0 spiro atoms. The van der Waals surface area contributed by atoms with Crippen molar-refractivity contribution in [1.82, 2.24) is 5.32 Å². The van der Waals surface area contributed by atoms with Crippen LogP contribution in [0.15, 0.2) is 48.5 Å². The van der Waals surface area contributed by atoms with E-state index in [9.17, 15) is 0 Å². The Morgan fingerprint density at radius 1 is 0.900 bits per heavy atom. The maximum atomic E-state index is 5.93. The van der Waals surface area contributed by atoms with Gasteiger partial charge in [-0.25, -0.2) is 0 Å². The van der Waals surface area contributed by atoms with Crippen LogP contribution in [0.4, 0.5) is 0 Å². The molecular formula is C18H22ClN. The first-order chi connectivity index (χ1) is 9.60. The topological polar surface area (TPSA) is 12.0 Å². The fraction of sp³-hybridized carbons (Fsp3) is 0.333. The second-order valence-electron chi connectivity index (χ2n) is 5.49. The van der Waals surface area contributed by atoms with Crippen LogP contribution in [-0.2, 0) is 6.42 Å². The first kappa shape index (κ1) is 15.1. The van der Waals surface area contributed by atoms with E-state index in [-0.39, 0.29) is 0 Å². The van der Waals surface area contributed by atoms with E-state index >= 15 is 0 Å². The first-order valence-corrected chi connectivity index (χ1v) is 7.49. The van der Waals surface area contributed by atoms with E-state index < -0.39 is 0 Å². The summed E-state index contributed by atoms with van der Waals surface area (Å²) in [6, 6.07) is 17.3. The number of benzene rings is 2. The van der Waals surface area contributed by atoms with E-state index in [4.69, 9.17) is 11.6 Å². The Kier molecular flexibility index (Phi) is 5.22. The molecule has 0 amide bonds. The number of likely N-dealkylation sites (N-methyl/N-ethyl adjacent to an activating group) is 1. The zero-order chi connectivity index (χ0) is 14.5. The largest absolute Gasteiger partial charge is 0.313 e. The van der Waals surface area contributed by atoms with Gasteiger partial charge in [0.25, 0.3) is 0 Å². The van der Waals surface area contributed by atoms with E-state index in [1.807, 2.05) is 19.2 Å². The Morgan fingerprint density at radius 3 is 1.95 bits per heavy atom. The van der Waals surface area contributed by atoms with Gasteiger partial charge in [0.05, 0.1) is 0 Å². The Labute approximate surface area is 127 Å². The average Bonchev–Trinajstić information content (AvgIpc) is 2.47. The van der Waals surface area contributed by atoms with Crippen LogP contribution in [0.1, 0.15) is 42.5 Å². The van der Waals surface area contributed by atoms with Gasteiger partial charge < -0.3 is 5.32 Å². The number of hydrogen-bond acceptors (Lipinski definition) is 1. The molecule has 2 rings (SSSR count). The summed E-state index contributed by atoms with van der Waals surface area (Å²) in [6.07, 6.45) is 0.967. The van der Waals surface area contributed by atoms with E-state index in [0.717, 1.165) is 11.4 Å². The van der Waals surface area contributed by atoms with Crippen molar-refractivity contribution in [2.75, 3.05) is 7.05 Å². The monoisotopic (exact) mass is 287 g/mol. The second-order valence-corrected chi connectivity index (χ2v) is 5.93. The summed E-state index contributed by atoms with van der Waals surface area (Å²) in [5.41, 5.74) is 4.00. The third kappa shape index (κ3) is 3.84. The highest BCUT2D eigenvalue weighted by Gasteiger charge is 2.10. The molecule has 1 atom stereocenters. The fourth-order valence-corrected chi connectivity index (χ4v) is 2.48. The highest BCUT2D eigenvalue weighted by molar-refractivity contribution is 6.30. The van der Waals surface area contributed by atoms with Gasteiger partial charge in [-0.1, -0.05) is 61.8 Å². The summed E-state index contributed by atoms with van der Waals surface area (Å²) in [6.45, 7) is 4.44. The molecule has 0 aliphatic heterocycles. The fourth-order valence-electron chi connectivity index (χ4n) is 2.36. The highest BCUT2D eigenvalue weighted by atomic mass is 35.5. The standard InChI is InChI=1S/C18H22ClN/c1-13(2)15-6-8-16(9-7-15)18(20-3)12-14-4-10-17(19)11-5-14/h4-11,13,18,20H,12H2,1-3H3. The lowest BCUT2D eigenvalue weighted by molar-refractivity contribution is 0.591. The van der Waals surface area contributed by atoms with Crippen molar-refractivity contribution >= 4 is 11.6 Å². The van der Waals surface area contributed by atoms with Crippen LogP contribution in [0.5, 0.6) is 0 Å². The second kappa shape index (κ2) is 6.92. The van der Waals surface area contributed by atoms with Crippen LogP contribution in [0.3, 0.4) is 0 Å². The Hall–Kier alpha value is -1.31. The predicted molar refractivity (Wildman–Crippen MR) is 87.5 cm³/mol. The summed E-state index contributed by atoms with van der Waals surface area (Å²) in [7, 11) is 2.01. The molecule has 2 heteroatoms. The summed E-state index contributed by atoms with van der Waals surface area (Å²) in [5.74, 6) is 0.577. The zero-order valence-corrected chi connectivity index (χ0v) is 13.1. The normalized spacial score (nSPS) is 12.7. The van der Waals surface area contributed by atoms with Gasteiger partial charge in [0.2, 0.25) is 0 Å². The van der Waals surface area contributed by atoms with E-state index in [1.165, 1.54) is 16.7 Å². The molecule has 0 radical (unpaired) electrons. The van der Waals surface area contributed by atoms with Crippen LogP contribution >= 0.6 is 11.6 Å². The van der Waals surface area contributed by atoms with Crippen LogP contribution in [-0.4, -0.2) is 7.05 Å². The minimum absolute atomic E-state index is 0.331. The van der Waals surface area contributed by atoms with Gasteiger partial charge >= 0.3 is 0 Å². The quantitative estimate of drug-likeness (QED) is 0.819. The van der Waals surface area contributed by atoms with Crippen molar-refractivity contribution in [1.29, 1.82) is 0 Å². The molecule has 0 fully saturated rings. The van der Waals surface area contributed by atoms with Crippen molar-refractivity contribution in [2.45, 2.75) is 32.2 Å². The van der Waals surface area contributed by atoms with Gasteiger partial charge in [0.15, 0.2) is 0 Å².